The number of carboxylic acids is 1. The van der Waals surface area contributed by atoms with Crippen molar-refractivity contribution in [2.45, 2.75) is 19.9 Å². The van der Waals surface area contributed by atoms with Gasteiger partial charge in [0.15, 0.2) is 5.69 Å². The van der Waals surface area contributed by atoms with Gasteiger partial charge in [0.25, 0.3) is 11.8 Å². The number of benzene rings is 2. The number of carboxylic acid groups (broad SMARTS) is 1. The molecular formula is C27H27N5O4. The molecule has 0 bridgehead atoms. The van der Waals surface area contributed by atoms with Gasteiger partial charge in [0.2, 0.25) is 0 Å². The number of pyridine rings is 1. The van der Waals surface area contributed by atoms with Gasteiger partial charge in [-0.3, -0.25) is 15.0 Å². The topological polar surface area (TPSA) is 158 Å². The molecule has 0 saturated carbocycles. The Morgan fingerprint density at radius 1 is 1.06 bits per heavy atom. The van der Waals surface area contributed by atoms with Crippen molar-refractivity contribution in [3.63, 3.8) is 0 Å². The Balaban J connectivity index is 1.98. The van der Waals surface area contributed by atoms with Gasteiger partial charge in [-0.1, -0.05) is 49.9 Å². The highest BCUT2D eigenvalue weighted by Gasteiger charge is 2.22. The molecule has 1 heterocycles. The van der Waals surface area contributed by atoms with Crippen molar-refractivity contribution in [2.75, 3.05) is 6.54 Å². The minimum Gasteiger partial charge on any atom is -0.476 e. The Labute approximate surface area is 208 Å². The molecule has 2 aromatic carbocycles. The second-order valence-corrected chi connectivity index (χ2v) is 7.96. The predicted octanol–water partition coefficient (Wildman–Crippen LogP) is 3.44. The first kappa shape index (κ1) is 25.8. The van der Waals surface area contributed by atoms with Crippen LogP contribution < -0.4 is 16.4 Å². The lowest BCUT2D eigenvalue weighted by Crippen LogP contribution is -2.26. The zero-order valence-corrected chi connectivity index (χ0v) is 19.8. The third-order valence-electron chi connectivity index (χ3n) is 5.37. The quantitative estimate of drug-likeness (QED) is 0.219. The van der Waals surface area contributed by atoms with Crippen molar-refractivity contribution < 1.29 is 19.5 Å². The van der Waals surface area contributed by atoms with Crippen LogP contribution in [0.2, 0.25) is 0 Å². The van der Waals surface area contributed by atoms with Crippen LogP contribution >= 0.6 is 0 Å². The first-order chi connectivity index (χ1) is 17.2. The van der Waals surface area contributed by atoms with E-state index < -0.39 is 17.8 Å². The van der Waals surface area contributed by atoms with E-state index in [2.05, 4.69) is 22.2 Å². The minimum absolute atomic E-state index is 0.0244. The molecule has 0 spiro atoms. The Morgan fingerprint density at radius 3 is 2.47 bits per heavy atom. The molecule has 2 amide bonds. The minimum atomic E-state index is -1.32. The lowest BCUT2D eigenvalue weighted by atomic mass is 9.95. The lowest BCUT2D eigenvalue weighted by Gasteiger charge is -2.14. The third-order valence-corrected chi connectivity index (χ3v) is 5.37. The summed E-state index contributed by atoms with van der Waals surface area (Å²) in [5.74, 6) is -2.32. The number of nitrogens with zero attached hydrogens (tertiary/aromatic N) is 1. The molecule has 0 atom stereocenters. The van der Waals surface area contributed by atoms with Gasteiger partial charge in [-0.05, 0) is 47.4 Å². The summed E-state index contributed by atoms with van der Waals surface area (Å²) in [6.45, 7) is 6.24. The molecule has 0 radical (unpaired) electrons. The molecule has 1 aromatic heterocycles. The van der Waals surface area contributed by atoms with Gasteiger partial charge >= 0.3 is 5.97 Å². The van der Waals surface area contributed by atoms with E-state index in [0.29, 0.717) is 23.2 Å². The van der Waals surface area contributed by atoms with Crippen molar-refractivity contribution in [3.05, 3.63) is 94.8 Å². The molecule has 0 unspecified atom stereocenters. The molecular weight excluding hydrogens is 458 g/mol. The van der Waals surface area contributed by atoms with Crippen molar-refractivity contribution in [1.82, 2.24) is 15.6 Å². The number of aromatic nitrogens is 1. The predicted molar refractivity (Wildman–Crippen MR) is 138 cm³/mol. The van der Waals surface area contributed by atoms with Crippen LogP contribution in [0.4, 0.5) is 0 Å². The van der Waals surface area contributed by atoms with Crippen LogP contribution in [0.5, 0.6) is 0 Å². The molecule has 3 rings (SSSR count). The van der Waals surface area contributed by atoms with E-state index in [4.69, 9.17) is 11.1 Å². The molecule has 36 heavy (non-hydrogen) atoms. The molecule has 184 valence electrons. The Morgan fingerprint density at radius 2 is 1.81 bits per heavy atom. The summed E-state index contributed by atoms with van der Waals surface area (Å²) in [4.78, 5) is 41.7. The molecule has 0 aliphatic heterocycles. The van der Waals surface area contributed by atoms with Crippen molar-refractivity contribution >= 4 is 29.7 Å². The maximum Gasteiger partial charge on any atom is 0.355 e. The van der Waals surface area contributed by atoms with E-state index in [9.17, 15) is 19.5 Å². The average Bonchev–Trinajstić information content (AvgIpc) is 2.89. The SMILES string of the molecule is C=Cc1ccc(-c2ccc(C(=O)NCCC)nc2C(=O)O)c(C(=O)NCc2cccc(C(=N)N)c2)c1. The summed E-state index contributed by atoms with van der Waals surface area (Å²) in [5.41, 5.74) is 7.91. The van der Waals surface area contributed by atoms with Crippen LogP contribution in [-0.4, -0.2) is 40.3 Å². The van der Waals surface area contributed by atoms with Crippen LogP contribution in [0.1, 0.15) is 61.4 Å². The van der Waals surface area contributed by atoms with Crippen LogP contribution in [0.15, 0.2) is 61.2 Å². The third kappa shape index (κ3) is 6.01. The molecule has 3 aromatic rings. The van der Waals surface area contributed by atoms with E-state index in [1.165, 1.54) is 12.1 Å². The van der Waals surface area contributed by atoms with Crippen molar-refractivity contribution in [1.29, 1.82) is 5.41 Å². The standard InChI is InChI=1S/C27H27N5O4/c1-3-12-30-26(34)22-11-10-20(23(32-22)27(35)36)19-9-8-16(4-2)14-21(19)25(33)31-15-17-6-5-7-18(13-17)24(28)29/h4-11,13-14H,2-3,12,15H2,1H3,(H3,28,29)(H,30,34)(H,31,33)(H,35,36). The number of amides is 2. The van der Waals surface area contributed by atoms with Crippen LogP contribution in [0, 0.1) is 5.41 Å². The first-order valence-corrected chi connectivity index (χ1v) is 11.3. The smallest absolute Gasteiger partial charge is 0.355 e. The lowest BCUT2D eigenvalue weighted by molar-refractivity contribution is 0.0690. The van der Waals surface area contributed by atoms with Gasteiger partial charge in [-0.2, -0.15) is 0 Å². The van der Waals surface area contributed by atoms with Gasteiger partial charge in [0, 0.05) is 29.8 Å². The second kappa shape index (κ2) is 11.6. The van der Waals surface area contributed by atoms with Crippen LogP contribution in [0.3, 0.4) is 0 Å². The van der Waals surface area contributed by atoms with E-state index >= 15 is 0 Å². The maximum absolute atomic E-state index is 13.2. The summed E-state index contributed by atoms with van der Waals surface area (Å²) < 4.78 is 0. The van der Waals surface area contributed by atoms with E-state index in [1.54, 1.807) is 48.5 Å². The van der Waals surface area contributed by atoms with E-state index in [0.717, 1.165) is 12.0 Å². The Kier molecular flexibility index (Phi) is 8.30. The molecule has 9 heteroatoms. The summed E-state index contributed by atoms with van der Waals surface area (Å²) in [6.07, 6.45) is 2.30. The average molecular weight is 486 g/mol. The highest BCUT2D eigenvalue weighted by atomic mass is 16.4. The number of nitrogens with one attached hydrogen (secondary N) is 3. The fourth-order valence-corrected chi connectivity index (χ4v) is 3.53. The van der Waals surface area contributed by atoms with Crippen molar-refractivity contribution in [3.8, 4) is 11.1 Å². The Hall–Kier alpha value is -4.79. The highest BCUT2D eigenvalue weighted by molar-refractivity contribution is 6.05. The summed E-state index contributed by atoms with van der Waals surface area (Å²) in [5, 5.41) is 22.9. The van der Waals surface area contributed by atoms with E-state index in [-0.39, 0.29) is 34.9 Å². The summed E-state index contributed by atoms with van der Waals surface area (Å²) >= 11 is 0. The molecule has 0 aliphatic carbocycles. The number of aromatic carboxylic acids is 1. The molecule has 6 N–H and O–H groups in total. The number of carbonyl (C=O) groups is 3. The van der Waals surface area contributed by atoms with Gasteiger partial charge < -0.3 is 21.5 Å². The summed E-state index contributed by atoms with van der Waals surface area (Å²) in [6, 6.07) is 14.8. The molecule has 0 aliphatic rings. The molecule has 9 nitrogen and oxygen atoms in total. The normalized spacial score (nSPS) is 10.4. The monoisotopic (exact) mass is 485 g/mol. The fourth-order valence-electron chi connectivity index (χ4n) is 3.53. The number of hydrogen-bond acceptors (Lipinski definition) is 5. The maximum atomic E-state index is 13.2. The fraction of sp³-hybridized carbons (Fsp3) is 0.148. The zero-order chi connectivity index (χ0) is 26.2. The molecule has 0 saturated heterocycles. The number of amidine groups is 1. The zero-order valence-electron chi connectivity index (χ0n) is 19.8. The number of nitrogen functional groups attached to an aromatic ring is 1. The van der Waals surface area contributed by atoms with Gasteiger partial charge in [-0.15, -0.1) is 0 Å². The Bertz CT molecular complexity index is 1350. The van der Waals surface area contributed by atoms with Gasteiger partial charge in [0.05, 0.1) is 0 Å². The van der Waals surface area contributed by atoms with Crippen LogP contribution in [0.25, 0.3) is 17.2 Å². The van der Waals surface area contributed by atoms with Gasteiger partial charge in [-0.25, -0.2) is 9.78 Å². The van der Waals surface area contributed by atoms with Crippen molar-refractivity contribution in [2.24, 2.45) is 5.73 Å². The van der Waals surface area contributed by atoms with E-state index in [1.807, 2.05) is 6.92 Å². The molecule has 0 fully saturated rings. The van der Waals surface area contributed by atoms with Crippen LogP contribution in [-0.2, 0) is 6.54 Å². The highest BCUT2D eigenvalue weighted by Crippen LogP contribution is 2.28. The largest absolute Gasteiger partial charge is 0.476 e. The summed E-state index contributed by atoms with van der Waals surface area (Å²) in [7, 11) is 0. The number of hydrogen-bond donors (Lipinski definition) is 5. The number of rotatable bonds is 10. The number of carbonyl (C=O) groups excluding carboxylic acids is 2. The van der Waals surface area contributed by atoms with Gasteiger partial charge in [0.1, 0.15) is 11.5 Å². The second-order valence-electron chi connectivity index (χ2n) is 7.96. The first-order valence-electron chi connectivity index (χ1n) is 11.3. The number of nitrogens with two attached hydrogens (primary N) is 1.